The van der Waals surface area contributed by atoms with Gasteiger partial charge in [-0.15, -0.1) is 0 Å². The summed E-state index contributed by atoms with van der Waals surface area (Å²) in [6, 6.07) is 5.50. The number of pyridine rings is 1. The smallest absolute Gasteiger partial charge is 0.293 e. The molecule has 1 saturated carbocycles. The van der Waals surface area contributed by atoms with E-state index < -0.39 is 81.6 Å². The summed E-state index contributed by atoms with van der Waals surface area (Å²) >= 11 is 6.51. The van der Waals surface area contributed by atoms with E-state index in [1.165, 1.54) is 29.9 Å². The highest BCUT2D eigenvalue weighted by atomic mass is 35.5. The van der Waals surface area contributed by atoms with Crippen LogP contribution in [0.5, 0.6) is 0 Å². The van der Waals surface area contributed by atoms with E-state index in [1.54, 1.807) is 0 Å². The van der Waals surface area contributed by atoms with Crippen molar-refractivity contribution in [1.82, 2.24) is 29.9 Å². The number of sulfonamides is 1. The molecule has 3 unspecified atom stereocenters. The van der Waals surface area contributed by atoms with Gasteiger partial charge in [-0.1, -0.05) is 17.7 Å². The number of hydrogen-bond donors (Lipinski definition) is 3. The van der Waals surface area contributed by atoms with Gasteiger partial charge in [-0.25, -0.2) is 26.0 Å². The number of fused-ring (bicyclic) bond motifs is 4. The molecule has 2 aliphatic rings. The molecule has 0 bridgehead atoms. The van der Waals surface area contributed by atoms with Crippen LogP contribution in [0.2, 0.25) is 5.02 Å². The van der Waals surface area contributed by atoms with Gasteiger partial charge >= 0.3 is 0 Å². The third kappa shape index (κ3) is 6.55. The van der Waals surface area contributed by atoms with Gasteiger partial charge in [0.15, 0.2) is 5.82 Å². The number of carbonyl (C=O) groups excluding carboxylic acids is 2. The molecule has 278 valence electrons. The third-order valence-corrected chi connectivity index (χ3v) is 10.1. The molecule has 3 heterocycles. The highest BCUT2D eigenvalue weighted by molar-refractivity contribution is 7.92. The van der Waals surface area contributed by atoms with Gasteiger partial charge in [0.1, 0.15) is 29.6 Å². The van der Waals surface area contributed by atoms with Gasteiger partial charge in [0.2, 0.25) is 21.8 Å². The summed E-state index contributed by atoms with van der Waals surface area (Å²) in [7, 11) is -2.37. The van der Waals surface area contributed by atoms with Crippen LogP contribution in [0.25, 0.3) is 22.0 Å². The number of halogens is 7. The molecule has 0 aliphatic heterocycles. The minimum atomic E-state index is -3.85. The Hall–Kier alpha value is -5.17. The van der Waals surface area contributed by atoms with Crippen LogP contribution >= 0.6 is 11.6 Å². The lowest BCUT2D eigenvalue weighted by molar-refractivity contribution is -0.123. The van der Waals surface area contributed by atoms with Crippen LogP contribution in [0, 0.1) is 17.6 Å². The summed E-state index contributed by atoms with van der Waals surface area (Å²) in [4.78, 5) is 30.5. The van der Waals surface area contributed by atoms with Gasteiger partial charge in [-0.2, -0.15) is 19.0 Å². The third-order valence-electron chi connectivity index (χ3n) is 9.20. The Bertz CT molecular complexity index is 2450. The zero-order valence-electron chi connectivity index (χ0n) is 27.5. The minimum absolute atomic E-state index is 0.0140. The van der Waals surface area contributed by atoms with E-state index in [0.29, 0.717) is 10.7 Å². The maximum atomic E-state index is 15.3. The van der Waals surface area contributed by atoms with Crippen molar-refractivity contribution in [1.29, 1.82) is 0 Å². The van der Waals surface area contributed by atoms with Gasteiger partial charge in [0, 0.05) is 41.9 Å². The van der Waals surface area contributed by atoms with Crippen LogP contribution in [0.3, 0.4) is 0 Å². The summed E-state index contributed by atoms with van der Waals surface area (Å²) in [6.07, 6.45) is -1.53. The molecule has 0 saturated heterocycles. The molecule has 0 radical (unpaired) electrons. The second-order valence-corrected chi connectivity index (χ2v) is 15.1. The Labute approximate surface area is 301 Å². The molecule has 4 N–H and O–H groups in total. The van der Waals surface area contributed by atoms with Crippen LogP contribution in [0.1, 0.15) is 63.4 Å². The molecule has 53 heavy (non-hydrogen) atoms. The molecular formula is C33H27ClF6N8O4S. The molecule has 2 aliphatic carbocycles. The number of anilines is 1. The largest absolute Gasteiger partial charge is 0.366 e. The highest BCUT2D eigenvalue weighted by Crippen LogP contribution is 2.68. The van der Waals surface area contributed by atoms with Crippen molar-refractivity contribution in [2.24, 2.45) is 18.7 Å². The lowest BCUT2D eigenvalue weighted by Crippen LogP contribution is -2.35. The predicted octanol–water partition coefficient (Wildman–Crippen LogP) is 5.48. The molecule has 3 atom stereocenters. The minimum Gasteiger partial charge on any atom is -0.366 e. The maximum absolute atomic E-state index is 15.3. The van der Waals surface area contributed by atoms with E-state index >= 15 is 8.78 Å². The summed E-state index contributed by atoms with van der Waals surface area (Å²) in [5, 5.41) is 10.8. The van der Waals surface area contributed by atoms with Crippen molar-refractivity contribution >= 4 is 50.2 Å². The Morgan fingerprint density at radius 1 is 1.08 bits per heavy atom. The van der Waals surface area contributed by atoms with E-state index in [9.17, 15) is 35.6 Å². The Morgan fingerprint density at radius 3 is 2.42 bits per heavy atom. The first-order valence-electron chi connectivity index (χ1n) is 15.8. The number of rotatable bonds is 11. The first-order valence-corrected chi connectivity index (χ1v) is 18.1. The fraction of sp³-hybridized carbons (Fsp3) is 0.303. The molecule has 1 fully saturated rings. The van der Waals surface area contributed by atoms with Crippen molar-refractivity contribution in [2.75, 3.05) is 11.0 Å². The van der Waals surface area contributed by atoms with Crippen LogP contribution in [0.15, 0.2) is 42.6 Å². The average Bonchev–Trinajstić information content (AvgIpc) is 3.59. The predicted molar refractivity (Wildman–Crippen MR) is 179 cm³/mol. The molecule has 20 heteroatoms. The van der Waals surface area contributed by atoms with Crippen LogP contribution in [0.4, 0.5) is 32.2 Å². The van der Waals surface area contributed by atoms with E-state index in [2.05, 4.69) is 25.2 Å². The zero-order valence-corrected chi connectivity index (χ0v) is 29.0. The summed E-state index contributed by atoms with van der Waals surface area (Å²) < 4.78 is 116. The summed E-state index contributed by atoms with van der Waals surface area (Å²) in [6.45, 7) is -0.930. The normalized spacial score (nSPS) is 17.8. The number of carbonyl (C=O) groups is 2. The van der Waals surface area contributed by atoms with E-state index in [1.807, 2.05) is 0 Å². The van der Waals surface area contributed by atoms with Gasteiger partial charge in [0.25, 0.3) is 12.3 Å². The highest BCUT2D eigenvalue weighted by Gasteiger charge is 2.67. The SMILES string of the molecule is Cn1nc(NS(C)(=O)=O)c2c(Cl)ccc(-c3cc(C(N)=O)cnc3C(Cc3cc(F)cc(F)c3)NC(=O)Cn3nc(C(F)F)c4c3C(F)(F)C3CC43)c21. The number of nitrogens with one attached hydrogen (secondary N) is 2. The quantitative estimate of drug-likeness (QED) is 0.149. The number of nitrogens with two attached hydrogens (primary N) is 1. The lowest BCUT2D eigenvalue weighted by Gasteiger charge is -2.23. The van der Waals surface area contributed by atoms with Gasteiger partial charge in [-0.3, -0.25) is 28.7 Å². The van der Waals surface area contributed by atoms with Gasteiger partial charge in [0.05, 0.1) is 39.5 Å². The van der Waals surface area contributed by atoms with E-state index in [4.69, 9.17) is 17.3 Å². The molecule has 2 aromatic carbocycles. The number of hydrogen-bond acceptors (Lipinski definition) is 7. The molecule has 5 aromatic rings. The zero-order chi connectivity index (χ0) is 38.3. The second-order valence-electron chi connectivity index (χ2n) is 13.0. The van der Waals surface area contributed by atoms with E-state index in [-0.39, 0.29) is 68.1 Å². The van der Waals surface area contributed by atoms with Crippen molar-refractivity contribution in [3.63, 3.8) is 0 Å². The standard InChI is InChI=1S/C33H27ClF6N8O4S/c1-47-28-17(3-4-21(34)25(28)32(45-47)46-53(2,51)52)18-8-14(31(41)50)11-42-26(18)22(7-13-5-15(35)9-16(36)6-13)43-23(49)12-48-29-24(27(44-48)30(37)38)19-10-20(19)33(29,39)40/h3-6,8-9,11,19-20,22,30H,7,10,12H2,1-2H3,(H2,41,50)(H,43,49)(H,45,46). The second kappa shape index (κ2) is 12.8. The van der Waals surface area contributed by atoms with Crippen molar-refractivity contribution in [3.8, 4) is 11.1 Å². The summed E-state index contributed by atoms with van der Waals surface area (Å²) in [5.74, 6) is -9.43. The summed E-state index contributed by atoms with van der Waals surface area (Å²) in [5.41, 5.74) is 4.16. The molecule has 0 spiro atoms. The van der Waals surface area contributed by atoms with Crippen LogP contribution in [-0.2, 0) is 40.8 Å². The number of alkyl halides is 4. The number of aromatic nitrogens is 5. The molecule has 12 nitrogen and oxygen atoms in total. The fourth-order valence-corrected chi connectivity index (χ4v) is 7.82. The number of nitrogens with zero attached hydrogens (tertiary/aromatic N) is 5. The molecule has 7 rings (SSSR count). The van der Waals surface area contributed by atoms with Crippen molar-refractivity contribution in [3.05, 3.63) is 93.0 Å². The topological polar surface area (TPSA) is 167 Å². The number of benzene rings is 2. The Kier molecular flexibility index (Phi) is 8.71. The van der Waals surface area contributed by atoms with Crippen molar-refractivity contribution in [2.45, 2.75) is 43.7 Å². The molecular weight excluding hydrogens is 754 g/mol. The molecule has 3 aromatic heterocycles. The fourth-order valence-electron chi connectivity index (χ4n) is 7.08. The Morgan fingerprint density at radius 2 is 1.77 bits per heavy atom. The number of amides is 2. The first kappa shape index (κ1) is 36.2. The Balaban J connectivity index is 1.36. The average molecular weight is 781 g/mol. The van der Waals surface area contributed by atoms with Crippen molar-refractivity contribution < 1.29 is 44.3 Å². The molecule has 2 amide bonds. The first-order chi connectivity index (χ1) is 24.8. The van der Waals surface area contributed by atoms with Gasteiger partial charge in [-0.05, 0) is 48.6 Å². The monoisotopic (exact) mass is 780 g/mol. The number of aryl methyl sites for hydroxylation is 1. The van der Waals surface area contributed by atoms with E-state index in [0.717, 1.165) is 24.6 Å². The number of primary amides is 1. The van der Waals surface area contributed by atoms with Crippen LogP contribution < -0.4 is 15.8 Å². The van der Waals surface area contributed by atoms with Gasteiger partial charge < -0.3 is 11.1 Å². The lowest BCUT2D eigenvalue weighted by atomic mass is 9.93. The van der Waals surface area contributed by atoms with Crippen LogP contribution in [-0.4, -0.2) is 51.0 Å². The maximum Gasteiger partial charge on any atom is 0.293 e.